The summed E-state index contributed by atoms with van der Waals surface area (Å²) >= 11 is 0. The predicted molar refractivity (Wildman–Crippen MR) is 126 cm³/mol. The van der Waals surface area contributed by atoms with E-state index in [0.717, 1.165) is 36.8 Å². The molecular weight excluding hydrogens is 392 g/mol. The van der Waals surface area contributed by atoms with Crippen molar-refractivity contribution in [2.24, 2.45) is 0 Å². The molecule has 6 nitrogen and oxygen atoms in total. The van der Waals surface area contributed by atoms with Crippen molar-refractivity contribution in [2.75, 3.05) is 45.1 Å². The molecule has 0 saturated heterocycles. The van der Waals surface area contributed by atoms with E-state index in [9.17, 15) is 4.79 Å². The van der Waals surface area contributed by atoms with Crippen LogP contribution in [0.5, 0.6) is 5.75 Å². The van der Waals surface area contributed by atoms with E-state index in [-0.39, 0.29) is 19.3 Å². The second kappa shape index (κ2) is 12.6. The summed E-state index contributed by atoms with van der Waals surface area (Å²) in [7, 11) is 5.39. The normalized spacial score (nSPS) is 11.5. The minimum atomic E-state index is -0.480. The Balaban J connectivity index is 2.05. The van der Waals surface area contributed by atoms with Crippen molar-refractivity contribution in [3.05, 3.63) is 65.7 Å². The monoisotopic (exact) mass is 426 g/mol. The summed E-state index contributed by atoms with van der Waals surface area (Å²) in [5, 5.41) is 6.51. The van der Waals surface area contributed by atoms with Crippen molar-refractivity contribution < 1.29 is 19.0 Å². The lowest BCUT2D eigenvalue weighted by molar-refractivity contribution is -0.141. The maximum Gasteiger partial charge on any atom is 0.330 e. The quantitative estimate of drug-likeness (QED) is 0.365. The lowest BCUT2D eigenvalue weighted by Crippen LogP contribution is -2.27. The predicted octanol–water partition coefficient (Wildman–Crippen LogP) is 4.44. The molecule has 2 N–H and O–H groups in total. The van der Waals surface area contributed by atoms with Crippen LogP contribution in [-0.4, -0.2) is 46.5 Å². The zero-order valence-corrected chi connectivity index (χ0v) is 19.0. The minimum absolute atomic E-state index is 0.107. The molecule has 0 radical (unpaired) electrons. The maximum absolute atomic E-state index is 11.2. The Labute approximate surface area is 185 Å². The molecule has 0 aromatic heterocycles. The first-order valence-electron chi connectivity index (χ1n) is 10.6. The van der Waals surface area contributed by atoms with Gasteiger partial charge in [0.25, 0.3) is 0 Å². The summed E-state index contributed by atoms with van der Waals surface area (Å²) < 4.78 is 16.3. The Kier molecular flexibility index (Phi) is 9.91. The van der Waals surface area contributed by atoms with E-state index in [2.05, 4.69) is 54.5 Å². The van der Waals surface area contributed by atoms with Crippen LogP contribution in [0.1, 0.15) is 30.0 Å². The number of carbonyl (C=O) groups excluding carboxylic acids is 1. The van der Waals surface area contributed by atoms with Gasteiger partial charge in [0, 0.05) is 33.0 Å². The number of carbonyl (C=O) groups is 1. The number of ether oxygens (including phenoxy) is 3. The zero-order chi connectivity index (χ0) is 22.6. The van der Waals surface area contributed by atoms with E-state index in [1.54, 1.807) is 7.11 Å². The second-order valence-electron chi connectivity index (χ2n) is 7.25. The standard InChI is InChI=1S/C25H34N2O4/c1-6-8-20-11-9-18(14-22(20)26-3)13-19-10-12-24(23(15-19)27-4)30-16-21(29-5)17-31-25(28)7-2/h7,9-12,14-15,21,26-27H,2,6,8,13,16-17H2,1,3-5H3. The van der Waals surface area contributed by atoms with Gasteiger partial charge in [-0.15, -0.1) is 0 Å². The number of aryl methyl sites for hydroxylation is 1. The molecule has 0 heterocycles. The molecular formula is C25H34N2O4. The molecule has 0 aliphatic heterocycles. The van der Waals surface area contributed by atoms with Crippen molar-refractivity contribution in [1.29, 1.82) is 0 Å². The molecule has 1 unspecified atom stereocenters. The van der Waals surface area contributed by atoms with Gasteiger partial charge in [-0.05, 0) is 47.7 Å². The van der Waals surface area contributed by atoms with Gasteiger partial charge in [-0.3, -0.25) is 0 Å². The van der Waals surface area contributed by atoms with Crippen molar-refractivity contribution in [3.8, 4) is 5.75 Å². The third-order valence-electron chi connectivity index (χ3n) is 5.02. The third kappa shape index (κ3) is 7.33. The highest BCUT2D eigenvalue weighted by atomic mass is 16.6. The molecule has 0 fully saturated rings. The van der Waals surface area contributed by atoms with Gasteiger partial charge in [0.05, 0.1) is 5.69 Å². The van der Waals surface area contributed by atoms with Crippen molar-refractivity contribution in [1.82, 2.24) is 0 Å². The summed E-state index contributed by atoms with van der Waals surface area (Å²) in [5.41, 5.74) is 5.87. The van der Waals surface area contributed by atoms with Gasteiger partial charge in [-0.1, -0.05) is 38.1 Å². The van der Waals surface area contributed by atoms with E-state index >= 15 is 0 Å². The van der Waals surface area contributed by atoms with Crippen LogP contribution in [0.25, 0.3) is 0 Å². The average Bonchev–Trinajstić information content (AvgIpc) is 2.80. The summed E-state index contributed by atoms with van der Waals surface area (Å²) in [4.78, 5) is 11.2. The molecule has 31 heavy (non-hydrogen) atoms. The first-order chi connectivity index (χ1) is 15.0. The highest BCUT2D eigenvalue weighted by molar-refractivity contribution is 5.81. The van der Waals surface area contributed by atoms with Crippen LogP contribution < -0.4 is 15.4 Å². The third-order valence-corrected chi connectivity index (χ3v) is 5.02. The Morgan fingerprint density at radius 3 is 2.35 bits per heavy atom. The first kappa shape index (κ1) is 24.3. The Hall–Kier alpha value is -2.99. The number of nitrogens with one attached hydrogen (secondary N) is 2. The van der Waals surface area contributed by atoms with Crippen molar-refractivity contribution in [2.45, 2.75) is 32.3 Å². The Morgan fingerprint density at radius 1 is 1.06 bits per heavy atom. The fraction of sp³-hybridized carbons (Fsp3) is 0.400. The summed E-state index contributed by atoms with van der Waals surface area (Å²) in [6.45, 7) is 5.95. The van der Waals surface area contributed by atoms with Crippen molar-refractivity contribution in [3.63, 3.8) is 0 Å². The lowest BCUT2D eigenvalue weighted by atomic mass is 9.99. The molecule has 168 valence electrons. The zero-order valence-electron chi connectivity index (χ0n) is 19.0. The number of benzene rings is 2. The van der Waals surface area contributed by atoms with E-state index in [1.807, 2.05) is 20.2 Å². The topological polar surface area (TPSA) is 68.8 Å². The van der Waals surface area contributed by atoms with Crippen LogP contribution in [0.2, 0.25) is 0 Å². The minimum Gasteiger partial charge on any atom is -0.489 e. The van der Waals surface area contributed by atoms with Gasteiger partial charge in [-0.2, -0.15) is 0 Å². The molecule has 0 bridgehead atoms. The van der Waals surface area contributed by atoms with Crippen LogP contribution in [0.4, 0.5) is 11.4 Å². The van der Waals surface area contributed by atoms with Crippen LogP contribution in [0.15, 0.2) is 49.1 Å². The molecule has 2 aromatic rings. The van der Waals surface area contributed by atoms with Gasteiger partial charge < -0.3 is 24.8 Å². The molecule has 0 spiro atoms. The number of methoxy groups -OCH3 is 1. The van der Waals surface area contributed by atoms with E-state index in [0.29, 0.717) is 0 Å². The highest BCUT2D eigenvalue weighted by Gasteiger charge is 2.13. The fourth-order valence-electron chi connectivity index (χ4n) is 3.30. The van der Waals surface area contributed by atoms with E-state index in [4.69, 9.17) is 14.2 Å². The largest absolute Gasteiger partial charge is 0.489 e. The van der Waals surface area contributed by atoms with E-state index < -0.39 is 5.97 Å². The average molecular weight is 427 g/mol. The van der Waals surface area contributed by atoms with Crippen LogP contribution in [0.3, 0.4) is 0 Å². The maximum atomic E-state index is 11.2. The molecule has 0 saturated carbocycles. The number of anilines is 2. The Bertz CT molecular complexity index is 867. The second-order valence-corrected chi connectivity index (χ2v) is 7.25. The van der Waals surface area contributed by atoms with E-state index in [1.165, 1.54) is 22.4 Å². The smallest absolute Gasteiger partial charge is 0.330 e. The van der Waals surface area contributed by atoms with Crippen LogP contribution in [-0.2, 0) is 27.1 Å². The number of rotatable bonds is 13. The SMILES string of the molecule is C=CC(=O)OCC(COc1ccc(Cc2ccc(CCC)c(NC)c2)cc1NC)OC. The molecule has 6 heteroatoms. The molecule has 0 aliphatic carbocycles. The highest BCUT2D eigenvalue weighted by Crippen LogP contribution is 2.28. The van der Waals surface area contributed by atoms with Gasteiger partial charge in [0.15, 0.2) is 0 Å². The molecule has 0 aliphatic rings. The van der Waals surface area contributed by atoms with Crippen molar-refractivity contribution >= 4 is 17.3 Å². The molecule has 2 aromatic carbocycles. The van der Waals surface area contributed by atoms with Gasteiger partial charge in [-0.25, -0.2) is 4.79 Å². The van der Waals surface area contributed by atoms with Gasteiger partial charge in [0.2, 0.25) is 0 Å². The summed E-state index contributed by atoms with van der Waals surface area (Å²) in [5.74, 6) is 0.240. The van der Waals surface area contributed by atoms with Crippen LogP contribution in [0, 0.1) is 0 Å². The van der Waals surface area contributed by atoms with Gasteiger partial charge >= 0.3 is 5.97 Å². The first-order valence-corrected chi connectivity index (χ1v) is 10.6. The lowest BCUT2D eigenvalue weighted by Gasteiger charge is -2.18. The summed E-state index contributed by atoms with van der Waals surface area (Å²) in [6.07, 6.45) is 3.79. The Morgan fingerprint density at radius 2 is 1.74 bits per heavy atom. The molecule has 0 amide bonds. The number of hydrogen-bond acceptors (Lipinski definition) is 6. The summed E-state index contributed by atoms with van der Waals surface area (Å²) in [6, 6.07) is 12.7. The molecule has 2 rings (SSSR count). The van der Waals surface area contributed by atoms with Crippen LogP contribution >= 0.6 is 0 Å². The fourth-order valence-corrected chi connectivity index (χ4v) is 3.30. The van der Waals surface area contributed by atoms with Gasteiger partial charge in [0.1, 0.15) is 25.1 Å². The number of esters is 1. The number of hydrogen-bond donors (Lipinski definition) is 2. The molecule has 1 atom stereocenters.